The summed E-state index contributed by atoms with van der Waals surface area (Å²) in [5.41, 5.74) is -1.07. The molecular weight excluding hydrogens is 260 g/mol. The van der Waals surface area contributed by atoms with Gasteiger partial charge in [-0.2, -0.15) is 0 Å². The van der Waals surface area contributed by atoms with Gasteiger partial charge in [0.25, 0.3) is 0 Å². The zero-order valence-electron chi connectivity index (χ0n) is 12.3. The first-order chi connectivity index (χ1) is 9.33. The van der Waals surface area contributed by atoms with Crippen LogP contribution in [0.2, 0.25) is 0 Å². The maximum absolute atomic E-state index is 12.2. The number of rotatable bonds is 5. The highest BCUT2D eigenvalue weighted by Gasteiger charge is 2.40. The van der Waals surface area contributed by atoms with Crippen molar-refractivity contribution in [1.82, 2.24) is 10.2 Å². The molecule has 6 nitrogen and oxygen atoms in total. The van der Waals surface area contributed by atoms with Crippen LogP contribution in [0, 0.1) is 11.8 Å². The third-order valence-corrected chi connectivity index (χ3v) is 3.89. The molecule has 0 aromatic rings. The molecule has 1 unspecified atom stereocenters. The number of nitrogens with one attached hydrogen (secondary N) is 1. The number of nitrogens with zero attached hydrogens (tertiary/aromatic N) is 1. The van der Waals surface area contributed by atoms with Crippen LogP contribution in [0.15, 0.2) is 0 Å². The van der Waals surface area contributed by atoms with Crippen LogP contribution in [0.25, 0.3) is 0 Å². The van der Waals surface area contributed by atoms with E-state index in [0.717, 1.165) is 6.54 Å². The molecule has 20 heavy (non-hydrogen) atoms. The van der Waals surface area contributed by atoms with Crippen molar-refractivity contribution in [1.29, 1.82) is 0 Å². The van der Waals surface area contributed by atoms with Gasteiger partial charge in [-0.05, 0) is 32.6 Å². The first kappa shape index (κ1) is 14.8. The summed E-state index contributed by atoms with van der Waals surface area (Å²) in [4.78, 5) is 37.4. The Bertz CT molecular complexity index is 429. The lowest BCUT2D eigenvalue weighted by Crippen LogP contribution is -2.52. The van der Waals surface area contributed by atoms with Gasteiger partial charge in [0.1, 0.15) is 5.54 Å². The molecule has 0 aromatic carbocycles. The summed E-state index contributed by atoms with van der Waals surface area (Å²) >= 11 is 0. The SMILES string of the molecule is COC(=O)C(C)(C)NC(=O)C1CC(=O)N(CC2CC2)C1. The van der Waals surface area contributed by atoms with E-state index in [1.807, 2.05) is 0 Å². The van der Waals surface area contributed by atoms with Crippen LogP contribution >= 0.6 is 0 Å². The highest BCUT2D eigenvalue weighted by atomic mass is 16.5. The van der Waals surface area contributed by atoms with Gasteiger partial charge in [-0.15, -0.1) is 0 Å². The molecule has 1 atom stereocenters. The van der Waals surface area contributed by atoms with E-state index in [0.29, 0.717) is 12.5 Å². The van der Waals surface area contributed by atoms with Gasteiger partial charge in [0, 0.05) is 19.5 Å². The quantitative estimate of drug-likeness (QED) is 0.737. The van der Waals surface area contributed by atoms with E-state index >= 15 is 0 Å². The minimum atomic E-state index is -1.07. The van der Waals surface area contributed by atoms with Crippen LogP contribution in [0.4, 0.5) is 0 Å². The summed E-state index contributed by atoms with van der Waals surface area (Å²) in [6.45, 7) is 4.41. The summed E-state index contributed by atoms with van der Waals surface area (Å²) in [6.07, 6.45) is 2.59. The Hall–Kier alpha value is -1.59. The number of carbonyl (C=O) groups excluding carboxylic acids is 3. The van der Waals surface area contributed by atoms with Gasteiger partial charge >= 0.3 is 5.97 Å². The minimum Gasteiger partial charge on any atom is -0.467 e. The lowest BCUT2D eigenvalue weighted by atomic mass is 10.0. The van der Waals surface area contributed by atoms with Crippen molar-refractivity contribution in [3.05, 3.63) is 0 Å². The Morgan fingerprint density at radius 2 is 2.05 bits per heavy atom. The monoisotopic (exact) mass is 282 g/mol. The predicted octanol–water partition coefficient (Wildman–Crippen LogP) is 0.313. The molecule has 112 valence electrons. The molecular formula is C14H22N2O4. The molecule has 1 N–H and O–H groups in total. The Morgan fingerprint density at radius 3 is 2.60 bits per heavy atom. The maximum Gasteiger partial charge on any atom is 0.330 e. The number of hydrogen-bond donors (Lipinski definition) is 1. The zero-order valence-corrected chi connectivity index (χ0v) is 12.3. The van der Waals surface area contributed by atoms with Crippen LogP contribution in [0.5, 0.6) is 0 Å². The lowest BCUT2D eigenvalue weighted by molar-refractivity contribution is -0.149. The first-order valence-corrected chi connectivity index (χ1v) is 7.01. The Labute approximate surface area is 118 Å². The van der Waals surface area contributed by atoms with Gasteiger partial charge < -0.3 is 15.0 Å². The van der Waals surface area contributed by atoms with E-state index in [4.69, 9.17) is 0 Å². The fraction of sp³-hybridized carbons (Fsp3) is 0.786. The molecule has 2 aliphatic rings. The van der Waals surface area contributed by atoms with Gasteiger partial charge in [-0.1, -0.05) is 0 Å². The highest BCUT2D eigenvalue weighted by Crippen LogP contribution is 2.32. The molecule has 1 aliphatic heterocycles. The summed E-state index contributed by atoms with van der Waals surface area (Å²) in [5.74, 6) is -0.470. The number of amides is 2. The van der Waals surface area contributed by atoms with Gasteiger partial charge in [-0.3, -0.25) is 9.59 Å². The molecule has 1 saturated carbocycles. The largest absolute Gasteiger partial charge is 0.467 e. The normalized spacial score (nSPS) is 22.9. The van der Waals surface area contributed by atoms with Gasteiger partial charge in [0.05, 0.1) is 13.0 Å². The third-order valence-electron chi connectivity index (χ3n) is 3.89. The average molecular weight is 282 g/mol. The summed E-state index contributed by atoms with van der Waals surface area (Å²) < 4.78 is 4.65. The van der Waals surface area contributed by atoms with Crippen molar-refractivity contribution in [3.8, 4) is 0 Å². The topological polar surface area (TPSA) is 75.7 Å². The smallest absolute Gasteiger partial charge is 0.330 e. The third kappa shape index (κ3) is 3.29. The second-order valence-corrected chi connectivity index (χ2v) is 6.25. The number of ether oxygens (including phenoxy) is 1. The molecule has 0 aromatic heterocycles. The molecule has 2 rings (SSSR count). The maximum atomic E-state index is 12.2. The Balaban J connectivity index is 1.90. The summed E-state index contributed by atoms with van der Waals surface area (Å²) in [7, 11) is 1.28. The molecule has 0 bridgehead atoms. The Morgan fingerprint density at radius 1 is 1.40 bits per heavy atom. The molecule has 6 heteroatoms. The van der Waals surface area contributed by atoms with Gasteiger partial charge in [0.15, 0.2) is 0 Å². The molecule has 1 heterocycles. The van der Waals surface area contributed by atoms with Gasteiger partial charge in [0.2, 0.25) is 11.8 Å². The number of likely N-dealkylation sites (tertiary alicyclic amines) is 1. The zero-order chi connectivity index (χ0) is 14.9. The van der Waals surface area contributed by atoms with E-state index < -0.39 is 11.5 Å². The number of hydrogen-bond acceptors (Lipinski definition) is 4. The van der Waals surface area contributed by atoms with Crippen molar-refractivity contribution in [2.24, 2.45) is 11.8 Å². The van der Waals surface area contributed by atoms with Crippen molar-refractivity contribution >= 4 is 17.8 Å². The standard InChI is InChI=1S/C14H22N2O4/c1-14(2,13(19)20-3)15-12(18)10-6-11(17)16(8-10)7-9-4-5-9/h9-10H,4-8H2,1-3H3,(H,15,18). The average Bonchev–Trinajstić information content (AvgIpc) is 3.11. The van der Waals surface area contributed by atoms with Crippen molar-refractivity contribution < 1.29 is 19.1 Å². The first-order valence-electron chi connectivity index (χ1n) is 7.01. The minimum absolute atomic E-state index is 0.0351. The fourth-order valence-electron chi connectivity index (χ4n) is 2.45. The molecule has 2 fully saturated rings. The number of esters is 1. The van der Waals surface area contributed by atoms with Crippen LogP contribution in [0.1, 0.15) is 33.1 Å². The van der Waals surface area contributed by atoms with E-state index in [-0.39, 0.29) is 24.2 Å². The van der Waals surface area contributed by atoms with Crippen LogP contribution < -0.4 is 5.32 Å². The van der Waals surface area contributed by atoms with Crippen LogP contribution in [-0.4, -0.2) is 48.4 Å². The number of carbonyl (C=O) groups is 3. The molecule has 0 radical (unpaired) electrons. The fourth-order valence-corrected chi connectivity index (χ4v) is 2.45. The van der Waals surface area contributed by atoms with Gasteiger partial charge in [-0.25, -0.2) is 4.79 Å². The van der Waals surface area contributed by atoms with Crippen molar-refractivity contribution in [2.75, 3.05) is 20.2 Å². The van der Waals surface area contributed by atoms with Crippen molar-refractivity contribution in [3.63, 3.8) is 0 Å². The lowest BCUT2D eigenvalue weighted by Gasteiger charge is -2.24. The highest BCUT2D eigenvalue weighted by molar-refractivity contribution is 5.92. The molecule has 1 aliphatic carbocycles. The second-order valence-electron chi connectivity index (χ2n) is 6.25. The summed E-state index contributed by atoms with van der Waals surface area (Å²) in [5, 5.41) is 2.67. The van der Waals surface area contributed by atoms with E-state index in [2.05, 4.69) is 10.1 Å². The van der Waals surface area contributed by atoms with E-state index in [1.54, 1.807) is 18.7 Å². The van der Waals surface area contributed by atoms with Crippen LogP contribution in [0.3, 0.4) is 0 Å². The molecule has 2 amide bonds. The Kier molecular flexibility index (Phi) is 4.01. The van der Waals surface area contributed by atoms with E-state index in [1.165, 1.54) is 20.0 Å². The molecule has 0 spiro atoms. The molecule has 1 saturated heterocycles. The predicted molar refractivity (Wildman–Crippen MR) is 71.6 cm³/mol. The van der Waals surface area contributed by atoms with Crippen LogP contribution in [-0.2, 0) is 19.1 Å². The summed E-state index contributed by atoms with van der Waals surface area (Å²) in [6, 6.07) is 0. The number of methoxy groups -OCH3 is 1. The second kappa shape index (κ2) is 5.42. The van der Waals surface area contributed by atoms with E-state index in [9.17, 15) is 14.4 Å². The van der Waals surface area contributed by atoms with Crippen molar-refractivity contribution in [2.45, 2.75) is 38.6 Å².